The van der Waals surface area contributed by atoms with E-state index in [4.69, 9.17) is 18.9 Å². The molecule has 0 saturated carbocycles. The van der Waals surface area contributed by atoms with E-state index in [2.05, 4.69) is 0 Å². The number of aliphatic hydroxyl groups is 2. The lowest BCUT2D eigenvalue weighted by atomic mass is 9.90. The minimum absolute atomic E-state index is 0.151. The average Bonchev–Trinajstić information content (AvgIpc) is 3.53. The summed E-state index contributed by atoms with van der Waals surface area (Å²) in [4.78, 5) is 0. The first-order valence-corrected chi connectivity index (χ1v) is 11.8. The minimum Gasteiger partial charge on any atom is -0.623 e. The van der Waals surface area contributed by atoms with E-state index in [9.17, 15) is 20.6 Å². The highest BCUT2D eigenvalue weighted by atomic mass is 16.6. The topological polar surface area (TPSA) is 130 Å². The molecule has 2 aromatic carbocycles. The molecular formula is C26H32N2O8. The second-order valence-electron chi connectivity index (χ2n) is 8.99. The molecule has 2 heterocycles. The van der Waals surface area contributed by atoms with E-state index in [-0.39, 0.29) is 26.4 Å². The monoisotopic (exact) mass is 500 g/mol. The molecule has 0 spiro atoms. The molecule has 4 rings (SSSR count). The van der Waals surface area contributed by atoms with Crippen molar-refractivity contribution in [3.05, 3.63) is 70.1 Å². The molecule has 10 heteroatoms. The number of ether oxygens (including phenoxy) is 4. The smallest absolute Gasteiger partial charge is 0.199 e. The lowest BCUT2D eigenvalue weighted by Crippen LogP contribution is -2.51. The van der Waals surface area contributed by atoms with Gasteiger partial charge in [0, 0.05) is 11.1 Å². The van der Waals surface area contributed by atoms with E-state index in [1.54, 1.807) is 62.8 Å². The summed E-state index contributed by atoms with van der Waals surface area (Å²) in [5, 5.41) is 46.5. The van der Waals surface area contributed by atoms with Gasteiger partial charge in [-0.3, -0.25) is 0 Å². The molecule has 194 valence electrons. The predicted molar refractivity (Wildman–Crippen MR) is 132 cm³/mol. The Morgan fingerprint density at radius 1 is 0.750 bits per heavy atom. The first-order valence-electron chi connectivity index (χ1n) is 11.8. The zero-order chi connectivity index (χ0) is 25.7. The number of hydrogen-bond donors (Lipinski definition) is 2. The van der Waals surface area contributed by atoms with Gasteiger partial charge in [0.05, 0.1) is 52.5 Å². The van der Waals surface area contributed by atoms with Crippen LogP contribution in [-0.2, 0) is 9.47 Å². The molecule has 2 aliphatic rings. The Morgan fingerprint density at radius 3 is 1.42 bits per heavy atom. The second kappa shape index (κ2) is 11.7. The summed E-state index contributed by atoms with van der Waals surface area (Å²) in [7, 11) is 3.13. The summed E-state index contributed by atoms with van der Waals surface area (Å²) in [6, 6.07) is 12.4. The van der Waals surface area contributed by atoms with E-state index in [1.807, 2.05) is 0 Å². The quantitative estimate of drug-likeness (QED) is 0.226. The molecule has 2 aliphatic heterocycles. The van der Waals surface area contributed by atoms with Gasteiger partial charge in [-0.1, -0.05) is 0 Å². The molecule has 6 atom stereocenters. The van der Waals surface area contributed by atoms with Gasteiger partial charge in [-0.05, 0) is 48.5 Å². The highest BCUT2D eigenvalue weighted by molar-refractivity contribution is 5.76. The molecule has 2 aromatic rings. The van der Waals surface area contributed by atoms with Crippen LogP contribution in [0.1, 0.15) is 11.1 Å². The Morgan fingerprint density at radius 2 is 1.11 bits per heavy atom. The second-order valence-corrected chi connectivity index (χ2v) is 8.99. The van der Waals surface area contributed by atoms with E-state index in [0.29, 0.717) is 22.6 Å². The summed E-state index contributed by atoms with van der Waals surface area (Å²) in [5.74, 6) is 0.400. The molecule has 0 aromatic heterocycles. The summed E-state index contributed by atoms with van der Waals surface area (Å²) >= 11 is 0. The van der Waals surface area contributed by atoms with E-state index in [0.717, 1.165) is 9.48 Å². The molecule has 0 unspecified atom stereocenters. The minimum atomic E-state index is -0.781. The van der Waals surface area contributed by atoms with Gasteiger partial charge in [-0.2, -0.15) is 0 Å². The highest BCUT2D eigenvalue weighted by Gasteiger charge is 2.56. The summed E-state index contributed by atoms with van der Waals surface area (Å²) in [6.07, 6.45) is 1.30. The lowest BCUT2D eigenvalue weighted by Gasteiger charge is -2.28. The van der Waals surface area contributed by atoms with Gasteiger partial charge in [0.15, 0.2) is 36.7 Å². The van der Waals surface area contributed by atoms with Crippen LogP contribution in [0.25, 0.3) is 0 Å². The molecule has 0 radical (unpaired) electrons. The van der Waals surface area contributed by atoms with Crippen LogP contribution in [0, 0.1) is 22.3 Å². The fourth-order valence-corrected chi connectivity index (χ4v) is 4.85. The zero-order valence-corrected chi connectivity index (χ0v) is 20.3. The molecule has 0 bridgehead atoms. The maximum Gasteiger partial charge on any atom is 0.199 e. The Labute approximate surface area is 209 Å². The van der Waals surface area contributed by atoms with Crippen LogP contribution in [0.3, 0.4) is 0 Å². The van der Waals surface area contributed by atoms with Crippen molar-refractivity contribution in [3.63, 3.8) is 0 Å². The van der Waals surface area contributed by atoms with Crippen LogP contribution in [0.2, 0.25) is 0 Å². The van der Waals surface area contributed by atoms with E-state index >= 15 is 0 Å². The SMILES string of the molecule is COc1ccc(/C=[N+](\[O-])[C@H]2[C@@H](CO)CO[C@@H]2[C@H]2OC[C@H](CO)[C@@H]2/[N+]([O-])=C/c2ccc(OC)cc2)cc1. The van der Waals surface area contributed by atoms with Gasteiger partial charge >= 0.3 is 0 Å². The van der Waals surface area contributed by atoms with Crippen molar-refractivity contribution in [1.82, 2.24) is 0 Å². The molecular weight excluding hydrogens is 468 g/mol. The Bertz CT molecular complexity index is 971. The van der Waals surface area contributed by atoms with Crippen LogP contribution >= 0.6 is 0 Å². The van der Waals surface area contributed by atoms with Crippen LogP contribution in [0.15, 0.2) is 48.5 Å². The Kier molecular flexibility index (Phi) is 8.42. The summed E-state index contributed by atoms with van der Waals surface area (Å²) < 4.78 is 23.8. The van der Waals surface area contributed by atoms with Gasteiger partial charge in [0.2, 0.25) is 0 Å². The average molecular weight is 501 g/mol. The van der Waals surface area contributed by atoms with Crippen LogP contribution in [0.5, 0.6) is 11.5 Å². The van der Waals surface area contributed by atoms with Crippen LogP contribution < -0.4 is 9.47 Å². The maximum absolute atomic E-state index is 13.3. The molecule has 0 aliphatic carbocycles. The number of rotatable bonds is 9. The van der Waals surface area contributed by atoms with E-state index in [1.165, 1.54) is 12.4 Å². The highest BCUT2D eigenvalue weighted by Crippen LogP contribution is 2.34. The van der Waals surface area contributed by atoms with Crippen molar-refractivity contribution < 1.29 is 38.6 Å². The van der Waals surface area contributed by atoms with Crippen molar-refractivity contribution in [2.45, 2.75) is 24.3 Å². The van der Waals surface area contributed by atoms with Crippen molar-refractivity contribution >= 4 is 12.4 Å². The fraction of sp³-hybridized carbons (Fsp3) is 0.462. The summed E-state index contributed by atoms with van der Waals surface area (Å²) in [6.45, 7) is -0.205. The number of aliphatic hydroxyl groups excluding tert-OH is 2. The van der Waals surface area contributed by atoms with Crippen molar-refractivity contribution in [2.75, 3.05) is 40.6 Å². The van der Waals surface area contributed by atoms with Crippen LogP contribution in [0.4, 0.5) is 0 Å². The summed E-state index contributed by atoms with van der Waals surface area (Å²) in [5.41, 5.74) is 1.31. The predicted octanol–water partition coefficient (Wildman–Crippen LogP) is 1.01. The van der Waals surface area contributed by atoms with Gasteiger partial charge in [-0.25, -0.2) is 9.48 Å². The first kappa shape index (κ1) is 25.9. The third-order valence-corrected chi connectivity index (χ3v) is 6.81. The normalized spacial score (nSPS) is 28.9. The van der Waals surface area contributed by atoms with Crippen molar-refractivity contribution in [2.24, 2.45) is 11.8 Å². The zero-order valence-electron chi connectivity index (χ0n) is 20.3. The molecule has 2 fully saturated rings. The largest absolute Gasteiger partial charge is 0.623 e. The molecule has 0 amide bonds. The third-order valence-electron chi connectivity index (χ3n) is 6.81. The Balaban J connectivity index is 1.62. The Hall–Kier alpha value is -3.18. The third kappa shape index (κ3) is 5.46. The lowest BCUT2D eigenvalue weighted by molar-refractivity contribution is -0.532. The fourth-order valence-electron chi connectivity index (χ4n) is 4.85. The first-order chi connectivity index (χ1) is 17.5. The molecule has 36 heavy (non-hydrogen) atoms. The van der Waals surface area contributed by atoms with Gasteiger partial charge in [-0.15, -0.1) is 0 Å². The number of benzene rings is 2. The number of nitrogens with zero attached hydrogens (tertiary/aromatic N) is 2. The molecule has 10 nitrogen and oxygen atoms in total. The van der Waals surface area contributed by atoms with Gasteiger partial charge in [0.25, 0.3) is 0 Å². The number of methoxy groups -OCH3 is 2. The standard InChI is InChI=1S/C26H32N2O8/c1-33-21-7-3-17(4-8-21)11-27(31)23-19(13-29)15-35-25(23)26-24(20(14-30)16-36-26)28(32)12-18-5-9-22(34-2)10-6-18/h3-12,19-20,23-26,29-30H,13-16H2,1-2H3/b27-11-,28-12-/t19-,20-,23-,24-,25-,26-/m0/s1. The van der Waals surface area contributed by atoms with Gasteiger partial charge in [0.1, 0.15) is 11.5 Å². The van der Waals surface area contributed by atoms with Gasteiger partial charge < -0.3 is 39.6 Å². The van der Waals surface area contributed by atoms with Crippen molar-refractivity contribution in [1.29, 1.82) is 0 Å². The van der Waals surface area contributed by atoms with Crippen molar-refractivity contribution in [3.8, 4) is 11.5 Å². The van der Waals surface area contributed by atoms with E-state index < -0.39 is 36.1 Å². The number of hydroxylamine groups is 2. The molecule has 2 N–H and O–H groups in total. The number of hydrogen-bond acceptors (Lipinski definition) is 8. The maximum atomic E-state index is 13.3. The molecule has 2 saturated heterocycles. The van der Waals surface area contributed by atoms with Crippen LogP contribution in [-0.4, -0.2) is 97.1 Å².